The molecule has 3 nitrogen and oxygen atoms in total. The highest BCUT2D eigenvalue weighted by Gasteiger charge is 2.17. The molecule has 1 heterocycles. The highest BCUT2D eigenvalue weighted by Crippen LogP contribution is 2.17. The summed E-state index contributed by atoms with van der Waals surface area (Å²) in [7, 11) is 0. The van der Waals surface area contributed by atoms with Gasteiger partial charge in [-0.2, -0.15) is 0 Å². The lowest BCUT2D eigenvalue weighted by Crippen LogP contribution is -2.46. The van der Waals surface area contributed by atoms with Crippen LogP contribution in [0.25, 0.3) is 0 Å². The maximum absolute atomic E-state index is 3.73. The van der Waals surface area contributed by atoms with Gasteiger partial charge in [-0.05, 0) is 25.3 Å². The Morgan fingerprint density at radius 1 is 1.25 bits per heavy atom. The van der Waals surface area contributed by atoms with Crippen LogP contribution in [0.1, 0.15) is 32.6 Å². The van der Waals surface area contributed by atoms with Gasteiger partial charge in [0.2, 0.25) is 0 Å². The van der Waals surface area contributed by atoms with Gasteiger partial charge in [0.15, 0.2) is 0 Å². The Bertz CT molecular complexity index is 184. The molecular formula is C13H27N3. The second kappa shape index (κ2) is 6.58. The minimum atomic E-state index is 0.790. The number of piperazine rings is 1. The number of nitrogens with zero attached hydrogens (tertiary/aromatic N) is 1. The first kappa shape index (κ1) is 12.3. The number of nitrogens with one attached hydrogen (secondary N) is 2. The zero-order chi connectivity index (χ0) is 11.2. The average molecular weight is 225 g/mol. The van der Waals surface area contributed by atoms with E-state index in [-0.39, 0.29) is 0 Å². The Kier molecular flexibility index (Phi) is 5.07. The summed E-state index contributed by atoms with van der Waals surface area (Å²) < 4.78 is 0. The molecule has 0 aromatic heterocycles. The molecule has 2 fully saturated rings. The molecule has 0 aromatic rings. The summed E-state index contributed by atoms with van der Waals surface area (Å²) >= 11 is 0. The minimum absolute atomic E-state index is 0.790. The van der Waals surface area contributed by atoms with Gasteiger partial charge in [-0.15, -0.1) is 0 Å². The summed E-state index contributed by atoms with van der Waals surface area (Å²) in [4.78, 5) is 2.59. The molecule has 2 N–H and O–H groups in total. The molecule has 1 saturated carbocycles. The van der Waals surface area contributed by atoms with Crippen molar-refractivity contribution in [1.29, 1.82) is 0 Å². The van der Waals surface area contributed by atoms with Gasteiger partial charge in [0.25, 0.3) is 0 Å². The molecule has 1 atom stereocenters. The molecule has 2 rings (SSSR count). The van der Waals surface area contributed by atoms with E-state index in [4.69, 9.17) is 0 Å². The summed E-state index contributed by atoms with van der Waals surface area (Å²) in [6.07, 6.45) is 5.67. The van der Waals surface area contributed by atoms with Crippen molar-refractivity contribution in [3.8, 4) is 0 Å². The second-order valence-electron chi connectivity index (χ2n) is 5.55. The van der Waals surface area contributed by atoms with E-state index in [0.717, 1.165) is 12.0 Å². The molecule has 0 bridgehead atoms. The van der Waals surface area contributed by atoms with Crippen LogP contribution in [-0.2, 0) is 0 Å². The van der Waals surface area contributed by atoms with Gasteiger partial charge in [-0.25, -0.2) is 0 Å². The Morgan fingerprint density at radius 2 is 1.94 bits per heavy atom. The molecule has 94 valence electrons. The Hall–Kier alpha value is -0.120. The lowest BCUT2D eigenvalue weighted by molar-refractivity contribution is 0.207. The SMILES string of the molecule is CC(CNC1CCCC1)CN1CCNCC1. The quantitative estimate of drug-likeness (QED) is 0.732. The molecule has 1 unspecified atom stereocenters. The fourth-order valence-corrected chi connectivity index (χ4v) is 2.90. The van der Waals surface area contributed by atoms with Crippen LogP contribution in [0.3, 0.4) is 0 Å². The molecule has 0 spiro atoms. The normalized spacial score (nSPS) is 26.1. The molecule has 1 aliphatic heterocycles. The van der Waals surface area contributed by atoms with E-state index in [1.54, 1.807) is 0 Å². The fourth-order valence-electron chi connectivity index (χ4n) is 2.90. The maximum atomic E-state index is 3.73. The molecule has 0 radical (unpaired) electrons. The molecule has 1 saturated heterocycles. The minimum Gasteiger partial charge on any atom is -0.314 e. The fraction of sp³-hybridized carbons (Fsp3) is 1.00. The molecule has 0 aromatic carbocycles. The van der Waals surface area contributed by atoms with Crippen LogP contribution in [0.4, 0.5) is 0 Å². The summed E-state index contributed by atoms with van der Waals surface area (Å²) in [5.74, 6) is 0.790. The van der Waals surface area contributed by atoms with Crippen molar-refractivity contribution in [2.75, 3.05) is 39.3 Å². The number of rotatable bonds is 5. The van der Waals surface area contributed by atoms with E-state index < -0.39 is 0 Å². The highest BCUT2D eigenvalue weighted by molar-refractivity contribution is 4.76. The van der Waals surface area contributed by atoms with Crippen LogP contribution in [0.5, 0.6) is 0 Å². The van der Waals surface area contributed by atoms with E-state index >= 15 is 0 Å². The lowest BCUT2D eigenvalue weighted by Gasteiger charge is -2.30. The van der Waals surface area contributed by atoms with Crippen molar-refractivity contribution in [3.63, 3.8) is 0 Å². The Morgan fingerprint density at radius 3 is 2.62 bits per heavy atom. The van der Waals surface area contributed by atoms with E-state index in [9.17, 15) is 0 Å². The summed E-state index contributed by atoms with van der Waals surface area (Å²) in [6.45, 7) is 9.65. The maximum Gasteiger partial charge on any atom is 0.0107 e. The number of hydrogen-bond acceptors (Lipinski definition) is 3. The molecule has 1 aliphatic carbocycles. The second-order valence-corrected chi connectivity index (χ2v) is 5.55. The lowest BCUT2D eigenvalue weighted by atomic mass is 10.1. The Balaban J connectivity index is 1.57. The first-order valence-corrected chi connectivity index (χ1v) is 7.01. The van der Waals surface area contributed by atoms with Gasteiger partial charge < -0.3 is 15.5 Å². The van der Waals surface area contributed by atoms with Crippen LogP contribution in [0.2, 0.25) is 0 Å². The molecule has 0 amide bonds. The first-order chi connectivity index (χ1) is 7.84. The zero-order valence-electron chi connectivity index (χ0n) is 10.7. The largest absolute Gasteiger partial charge is 0.314 e. The van der Waals surface area contributed by atoms with Crippen LogP contribution in [0, 0.1) is 5.92 Å². The zero-order valence-corrected chi connectivity index (χ0v) is 10.7. The monoisotopic (exact) mass is 225 g/mol. The van der Waals surface area contributed by atoms with Gasteiger partial charge >= 0.3 is 0 Å². The third-order valence-corrected chi connectivity index (χ3v) is 3.89. The van der Waals surface area contributed by atoms with E-state index in [1.807, 2.05) is 0 Å². The van der Waals surface area contributed by atoms with Crippen molar-refractivity contribution in [2.24, 2.45) is 5.92 Å². The van der Waals surface area contributed by atoms with Gasteiger partial charge in [-0.1, -0.05) is 19.8 Å². The molecule has 16 heavy (non-hydrogen) atoms. The van der Waals surface area contributed by atoms with E-state index in [2.05, 4.69) is 22.5 Å². The third-order valence-electron chi connectivity index (χ3n) is 3.89. The number of hydrogen-bond donors (Lipinski definition) is 2. The van der Waals surface area contributed by atoms with Crippen LogP contribution >= 0.6 is 0 Å². The molecular weight excluding hydrogens is 198 g/mol. The topological polar surface area (TPSA) is 27.3 Å². The Labute approximate surface area is 100.0 Å². The standard InChI is InChI=1S/C13H27N3/c1-12(10-15-13-4-2-3-5-13)11-16-8-6-14-7-9-16/h12-15H,2-11H2,1H3. The highest BCUT2D eigenvalue weighted by atomic mass is 15.2. The predicted molar refractivity (Wildman–Crippen MR) is 68.7 cm³/mol. The van der Waals surface area contributed by atoms with Gasteiger partial charge in [0.1, 0.15) is 0 Å². The first-order valence-electron chi connectivity index (χ1n) is 7.01. The third kappa shape index (κ3) is 4.04. The summed E-state index contributed by atoms with van der Waals surface area (Å²) in [5, 5.41) is 7.14. The summed E-state index contributed by atoms with van der Waals surface area (Å²) in [5.41, 5.74) is 0. The van der Waals surface area contributed by atoms with Crippen molar-refractivity contribution >= 4 is 0 Å². The summed E-state index contributed by atoms with van der Waals surface area (Å²) in [6, 6.07) is 0.825. The molecule has 2 aliphatic rings. The van der Waals surface area contributed by atoms with E-state index in [1.165, 1.54) is 65.0 Å². The van der Waals surface area contributed by atoms with Crippen LogP contribution in [0.15, 0.2) is 0 Å². The van der Waals surface area contributed by atoms with Crippen molar-refractivity contribution in [3.05, 3.63) is 0 Å². The van der Waals surface area contributed by atoms with Gasteiger partial charge in [-0.3, -0.25) is 0 Å². The smallest absolute Gasteiger partial charge is 0.0107 e. The van der Waals surface area contributed by atoms with Crippen molar-refractivity contribution < 1.29 is 0 Å². The van der Waals surface area contributed by atoms with Gasteiger partial charge in [0, 0.05) is 38.8 Å². The molecule has 3 heteroatoms. The predicted octanol–water partition coefficient (Wildman–Crippen LogP) is 1.06. The van der Waals surface area contributed by atoms with Crippen molar-refractivity contribution in [2.45, 2.75) is 38.6 Å². The van der Waals surface area contributed by atoms with Crippen LogP contribution < -0.4 is 10.6 Å². The van der Waals surface area contributed by atoms with Crippen LogP contribution in [-0.4, -0.2) is 50.2 Å². The average Bonchev–Trinajstić information content (AvgIpc) is 2.81. The van der Waals surface area contributed by atoms with E-state index in [0.29, 0.717) is 0 Å². The van der Waals surface area contributed by atoms with Gasteiger partial charge in [0.05, 0.1) is 0 Å². The van der Waals surface area contributed by atoms with Crippen molar-refractivity contribution in [1.82, 2.24) is 15.5 Å².